The second kappa shape index (κ2) is 1.70. The first-order valence-corrected chi connectivity index (χ1v) is 2.83. The molecule has 0 unspecified atom stereocenters. The van der Waals surface area contributed by atoms with Gasteiger partial charge in [-0.3, -0.25) is 0 Å². The molecule has 4 heteroatoms. The molecule has 50 valence electrons. The van der Waals surface area contributed by atoms with Crippen molar-refractivity contribution in [2.75, 3.05) is 5.73 Å². The molecule has 0 fully saturated rings. The zero-order chi connectivity index (χ0) is 6.97. The molecule has 1 aliphatic carbocycles. The number of hydrogen-bond acceptors (Lipinski definition) is 4. The molecule has 0 spiro atoms. The Morgan fingerprint density at radius 3 is 3.10 bits per heavy atom. The van der Waals surface area contributed by atoms with E-state index in [2.05, 4.69) is 10.4 Å². The molecule has 0 amide bonds. The van der Waals surface area contributed by atoms with Crippen molar-refractivity contribution in [3.63, 3.8) is 0 Å². The minimum absolute atomic E-state index is 0.602. The quantitative estimate of drug-likeness (QED) is 0.579. The first-order chi connectivity index (χ1) is 4.88. The van der Waals surface area contributed by atoms with Crippen molar-refractivity contribution in [1.82, 2.24) is 10.4 Å². The summed E-state index contributed by atoms with van der Waals surface area (Å²) in [4.78, 5) is 0. The highest BCUT2D eigenvalue weighted by molar-refractivity contribution is 5.73. The molecule has 2 N–H and O–H groups in total. The second-order valence-corrected chi connectivity index (χ2v) is 1.99. The van der Waals surface area contributed by atoms with E-state index in [-0.39, 0.29) is 0 Å². The summed E-state index contributed by atoms with van der Waals surface area (Å²) >= 11 is 0. The number of nitrogens with two attached hydrogens (primary N) is 1. The highest BCUT2D eigenvalue weighted by atomic mass is 16.5. The molecular formula is C6H5N3O. The lowest BCUT2D eigenvalue weighted by atomic mass is 10.3. The third-order valence-corrected chi connectivity index (χ3v) is 1.34. The zero-order valence-corrected chi connectivity index (χ0v) is 5.11. The molecule has 0 atom stereocenters. The van der Waals surface area contributed by atoms with Crippen LogP contribution < -0.4 is 5.73 Å². The SMILES string of the molecule is Nc1ccc2cnnoc1-2. The van der Waals surface area contributed by atoms with Gasteiger partial charge in [-0.15, -0.1) is 5.10 Å². The summed E-state index contributed by atoms with van der Waals surface area (Å²) in [6.07, 6.45) is 1.61. The molecule has 2 aliphatic rings. The van der Waals surface area contributed by atoms with E-state index in [4.69, 9.17) is 10.3 Å². The van der Waals surface area contributed by atoms with Crippen LogP contribution in [0.1, 0.15) is 0 Å². The number of hydrogen-bond donors (Lipinski definition) is 1. The number of anilines is 1. The van der Waals surface area contributed by atoms with Crippen molar-refractivity contribution in [2.45, 2.75) is 0 Å². The maximum Gasteiger partial charge on any atom is 0.191 e. The molecule has 0 saturated heterocycles. The Labute approximate surface area is 57.0 Å². The fraction of sp³-hybridized carbons (Fsp3) is 0. The third kappa shape index (κ3) is 0.556. The fourth-order valence-corrected chi connectivity index (χ4v) is 0.855. The van der Waals surface area contributed by atoms with E-state index in [0.717, 1.165) is 5.56 Å². The maximum absolute atomic E-state index is 5.51. The summed E-state index contributed by atoms with van der Waals surface area (Å²) in [6.45, 7) is 0. The van der Waals surface area contributed by atoms with Crippen LogP contribution in [0.15, 0.2) is 22.9 Å². The predicted octanol–water partition coefficient (Wildman–Crippen LogP) is 0.757. The molecule has 2 rings (SSSR count). The summed E-state index contributed by atoms with van der Waals surface area (Å²) in [6, 6.07) is 3.60. The predicted molar refractivity (Wildman–Crippen MR) is 35.3 cm³/mol. The average molecular weight is 135 g/mol. The van der Waals surface area contributed by atoms with Crippen LogP contribution in [0, 0.1) is 0 Å². The van der Waals surface area contributed by atoms with Crippen LogP contribution in [0.5, 0.6) is 0 Å². The minimum atomic E-state index is 0.602. The van der Waals surface area contributed by atoms with Crippen molar-refractivity contribution in [3.05, 3.63) is 18.3 Å². The van der Waals surface area contributed by atoms with E-state index >= 15 is 0 Å². The summed E-state index contributed by atoms with van der Waals surface area (Å²) in [5, 5.41) is 6.89. The van der Waals surface area contributed by atoms with Crippen molar-refractivity contribution in [1.29, 1.82) is 0 Å². The molecule has 0 aromatic carbocycles. The first-order valence-electron chi connectivity index (χ1n) is 2.83. The van der Waals surface area contributed by atoms with E-state index in [1.807, 2.05) is 6.07 Å². The number of fused-ring (bicyclic) bond motifs is 1. The third-order valence-electron chi connectivity index (χ3n) is 1.34. The van der Waals surface area contributed by atoms with Crippen LogP contribution >= 0.6 is 0 Å². The van der Waals surface area contributed by atoms with Gasteiger partial charge in [0.05, 0.1) is 11.9 Å². The molecule has 0 radical (unpaired) electrons. The normalized spacial score (nSPS) is 10.4. The summed E-state index contributed by atoms with van der Waals surface area (Å²) in [5.74, 6) is 0.606. The highest BCUT2D eigenvalue weighted by Gasteiger charge is 2.08. The van der Waals surface area contributed by atoms with Gasteiger partial charge in [-0.1, -0.05) is 0 Å². The largest absolute Gasteiger partial charge is 0.396 e. The standard InChI is InChI=1S/C6H5N3O/c7-5-2-1-4-3-8-9-10-6(4)5/h1-3H,7H2. The Kier molecular flexibility index (Phi) is 0.887. The lowest BCUT2D eigenvalue weighted by molar-refractivity contribution is 0.373. The molecule has 1 aliphatic heterocycles. The molecule has 0 aromatic heterocycles. The first kappa shape index (κ1) is 5.22. The zero-order valence-electron chi connectivity index (χ0n) is 5.11. The Balaban J connectivity index is 2.78. The van der Waals surface area contributed by atoms with Crippen LogP contribution in [0.4, 0.5) is 5.69 Å². The number of nitrogen functional groups attached to an aromatic ring is 1. The summed E-state index contributed by atoms with van der Waals surface area (Å²) in [7, 11) is 0. The topological polar surface area (TPSA) is 64.9 Å². The number of aromatic nitrogens is 2. The molecule has 0 bridgehead atoms. The Morgan fingerprint density at radius 2 is 2.30 bits per heavy atom. The lowest BCUT2D eigenvalue weighted by Crippen LogP contribution is -1.86. The van der Waals surface area contributed by atoms with Gasteiger partial charge in [-0.2, -0.15) is 0 Å². The van der Waals surface area contributed by atoms with E-state index in [1.54, 1.807) is 12.3 Å². The van der Waals surface area contributed by atoms with E-state index < -0.39 is 0 Å². The van der Waals surface area contributed by atoms with E-state index in [1.165, 1.54) is 0 Å². The van der Waals surface area contributed by atoms with Gasteiger partial charge in [0.15, 0.2) is 5.76 Å². The number of rotatable bonds is 0. The average Bonchev–Trinajstić information content (AvgIpc) is 2.34. The highest BCUT2D eigenvalue weighted by Crippen LogP contribution is 2.27. The van der Waals surface area contributed by atoms with Crippen LogP contribution in [-0.4, -0.2) is 10.4 Å². The van der Waals surface area contributed by atoms with Gasteiger partial charge < -0.3 is 10.3 Å². The van der Waals surface area contributed by atoms with Gasteiger partial charge in [0.1, 0.15) is 0 Å². The number of nitrogens with zero attached hydrogens (tertiary/aromatic N) is 2. The summed E-state index contributed by atoms with van der Waals surface area (Å²) in [5.41, 5.74) is 7.00. The maximum atomic E-state index is 5.51. The van der Waals surface area contributed by atoms with Crippen molar-refractivity contribution >= 4 is 5.69 Å². The van der Waals surface area contributed by atoms with Gasteiger partial charge in [-0.25, -0.2) is 0 Å². The van der Waals surface area contributed by atoms with Crippen LogP contribution in [0.2, 0.25) is 0 Å². The van der Waals surface area contributed by atoms with Gasteiger partial charge in [0.25, 0.3) is 0 Å². The monoisotopic (exact) mass is 135 g/mol. The summed E-state index contributed by atoms with van der Waals surface area (Å²) < 4.78 is 4.80. The van der Waals surface area contributed by atoms with Gasteiger partial charge in [0, 0.05) is 10.8 Å². The minimum Gasteiger partial charge on any atom is -0.396 e. The molecular weight excluding hydrogens is 130 g/mol. The van der Waals surface area contributed by atoms with Crippen molar-refractivity contribution < 1.29 is 4.52 Å². The van der Waals surface area contributed by atoms with Crippen LogP contribution in [0.25, 0.3) is 11.3 Å². The molecule has 0 aromatic rings. The van der Waals surface area contributed by atoms with Crippen LogP contribution in [0.3, 0.4) is 0 Å². The van der Waals surface area contributed by atoms with Crippen LogP contribution in [-0.2, 0) is 0 Å². The smallest absolute Gasteiger partial charge is 0.191 e. The molecule has 0 saturated carbocycles. The van der Waals surface area contributed by atoms with Gasteiger partial charge >= 0.3 is 0 Å². The second-order valence-electron chi connectivity index (χ2n) is 1.99. The Hall–Kier alpha value is -1.58. The van der Waals surface area contributed by atoms with Gasteiger partial charge in [0.2, 0.25) is 0 Å². The molecule has 4 nitrogen and oxygen atoms in total. The van der Waals surface area contributed by atoms with Gasteiger partial charge in [-0.05, 0) is 12.1 Å². The molecule has 1 heterocycles. The lowest BCUT2D eigenvalue weighted by Gasteiger charge is -1.92. The molecule has 10 heavy (non-hydrogen) atoms. The Bertz CT molecular complexity index is 317. The fourth-order valence-electron chi connectivity index (χ4n) is 0.855. The van der Waals surface area contributed by atoms with E-state index in [0.29, 0.717) is 11.4 Å². The van der Waals surface area contributed by atoms with Crippen molar-refractivity contribution in [3.8, 4) is 11.3 Å². The van der Waals surface area contributed by atoms with Crippen molar-refractivity contribution in [2.24, 2.45) is 0 Å². The Morgan fingerprint density at radius 1 is 1.40 bits per heavy atom. The van der Waals surface area contributed by atoms with E-state index in [9.17, 15) is 0 Å².